The Kier molecular flexibility index (Phi) is 4.94. The van der Waals surface area contributed by atoms with Gasteiger partial charge in [-0.2, -0.15) is 0 Å². The molecule has 2 aromatic carbocycles. The summed E-state index contributed by atoms with van der Waals surface area (Å²) >= 11 is 8.83. The molecule has 0 radical (unpaired) electrons. The summed E-state index contributed by atoms with van der Waals surface area (Å²) in [6.07, 6.45) is 0. The molecule has 20 heavy (non-hydrogen) atoms. The summed E-state index contributed by atoms with van der Waals surface area (Å²) in [5.74, 6) is -2.75. The molecule has 0 unspecified atom stereocenters. The van der Waals surface area contributed by atoms with Crippen LogP contribution in [-0.4, -0.2) is 0 Å². The van der Waals surface area contributed by atoms with E-state index in [4.69, 9.17) is 16.3 Å². The molecule has 0 heterocycles. The second-order valence-corrected chi connectivity index (χ2v) is 5.04. The van der Waals surface area contributed by atoms with E-state index in [1.165, 1.54) is 18.2 Å². The van der Waals surface area contributed by atoms with Gasteiger partial charge in [0.1, 0.15) is 12.4 Å². The van der Waals surface area contributed by atoms with Crippen LogP contribution in [0.5, 0.6) is 5.75 Å². The maximum Gasteiger partial charge on any atom is 0.191 e. The summed E-state index contributed by atoms with van der Waals surface area (Å²) in [5, 5.41) is 0.643. The van der Waals surface area contributed by atoms with Crippen molar-refractivity contribution < 1.29 is 17.9 Å². The first kappa shape index (κ1) is 15.2. The fraction of sp³-hybridized carbons (Fsp3) is 0.143. The highest BCUT2D eigenvalue weighted by atomic mass is 79.9. The van der Waals surface area contributed by atoms with Gasteiger partial charge >= 0.3 is 0 Å². The molecule has 0 aliphatic rings. The normalized spacial score (nSPS) is 10.7. The molecule has 0 saturated heterocycles. The van der Waals surface area contributed by atoms with Crippen LogP contribution in [0.25, 0.3) is 0 Å². The van der Waals surface area contributed by atoms with Crippen LogP contribution in [0.15, 0.2) is 30.3 Å². The van der Waals surface area contributed by atoms with Gasteiger partial charge in [-0.05, 0) is 35.9 Å². The third-order valence-electron chi connectivity index (χ3n) is 2.59. The molecule has 0 saturated carbocycles. The van der Waals surface area contributed by atoms with E-state index in [1.54, 1.807) is 0 Å². The third-order valence-corrected chi connectivity index (χ3v) is 3.47. The van der Waals surface area contributed by atoms with E-state index in [0.29, 0.717) is 15.9 Å². The SMILES string of the molecule is Fc1ccc(Cl)cc1COc1c(F)cc(CBr)cc1F. The zero-order chi connectivity index (χ0) is 14.7. The lowest BCUT2D eigenvalue weighted by Gasteiger charge is -2.10. The lowest BCUT2D eigenvalue weighted by molar-refractivity contribution is 0.269. The van der Waals surface area contributed by atoms with Crippen molar-refractivity contribution in [3.63, 3.8) is 0 Å². The Morgan fingerprint density at radius 1 is 1.00 bits per heavy atom. The van der Waals surface area contributed by atoms with Gasteiger partial charge in [0, 0.05) is 15.9 Å². The van der Waals surface area contributed by atoms with Gasteiger partial charge in [0.2, 0.25) is 0 Å². The van der Waals surface area contributed by atoms with Gasteiger partial charge in [-0.15, -0.1) is 0 Å². The van der Waals surface area contributed by atoms with Gasteiger partial charge in [-0.3, -0.25) is 0 Å². The first-order valence-corrected chi connectivity index (χ1v) is 7.12. The first-order valence-electron chi connectivity index (χ1n) is 5.62. The Bertz CT molecular complexity index is 611. The number of alkyl halides is 1. The van der Waals surface area contributed by atoms with Gasteiger partial charge in [0.05, 0.1) is 0 Å². The lowest BCUT2D eigenvalue weighted by Crippen LogP contribution is -2.02. The minimum Gasteiger partial charge on any atom is -0.483 e. The number of benzene rings is 2. The van der Waals surface area contributed by atoms with Gasteiger partial charge in [-0.25, -0.2) is 13.2 Å². The third kappa shape index (κ3) is 3.46. The van der Waals surface area contributed by atoms with Crippen molar-refractivity contribution in [3.05, 3.63) is 63.9 Å². The van der Waals surface area contributed by atoms with Crippen LogP contribution in [0, 0.1) is 17.5 Å². The summed E-state index contributed by atoms with van der Waals surface area (Å²) in [6.45, 7) is -0.312. The van der Waals surface area contributed by atoms with Gasteiger partial charge in [0.25, 0.3) is 0 Å². The number of rotatable bonds is 4. The maximum atomic E-state index is 13.7. The molecule has 0 amide bonds. The molecule has 0 aliphatic heterocycles. The predicted octanol–water partition coefficient (Wildman–Crippen LogP) is 5.23. The number of halogens is 5. The molecular weight excluding hydrogens is 357 g/mol. The molecule has 6 heteroatoms. The molecule has 106 valence electrons. The highest BCUT2D eigenvalue weighted by molar-refractivity contribution is 9.08. The van der Waals surface area contributed by atoms with Crippen molar-refractivity contribution in [1.82, 2.24) is 0 Å². The van der Waals surface area contributed by atoms with E-state index in [-0.39, 0.29) is 12.2 Å². The standard InChI is InChI=1S/C14H9BrClF3O/c15-6-8-3-12(18)14(13(19)4-8)20-7-9-5-10(16)1-2-11(9)17/h1-5H,6-7H2. The Labute approximate surface area is 127 Å². The van der Waals surface area contributed by atoms with Crippen molar-refractivity contribution in [2.45, 2.75) is 11.9 Å². The van der Waals surface area contributed by atoms with Crippen LogP contribution in [0.3, 0.4) is 0 Å². The average Bonchev–Trinajstić information content (AvgIpc) is 2.41. The van der Waals surface area contributed by atoms with Crippen molar-refractivity contribution in [2.75, 3.05) is 0 Å². The van der Waals surface area contributed by atoms with Crippen molar-refractivity contribution in [1.29, 1.82) is 0 Å². The van der Waals surface area contributed by atoms with Crippen molar-refractivity contribution in [3.8, 4) is 5.75 Å². The number of hydrogen-bond acceptors (Lipinski definition) is 1. The number of ether oxygens (including phenoxy) is 1. The van der Waals surface area contributed by atoms with E-state index in [2.05, 4.69) is 15.9 Å². The zero-order valence-corrected chi connectivity index (χ0v) is 12.4. The minimum absolute atomic E-state index is 0.126. The Balaban J connectivity index is 2.21. The average molecular weight is 366 g/mol. The van der Waals surface area contributed by atoms with E-state index >= 15 is 0 Å². The summed E-state index contributed by atoms with van der Waals surface area (Å²) in [7, 11) is 0. The van der Waals surface area contributed by atoms with E-state index in [9.17, 15) is 13.2 Å². The smallest absolute Gasteiger partial charge is 0.191 e. The van der Waals surface area contributed by atoms with Gasteiger partial charge in [0.15, 0.2) is 17.4 Å². The molecule has 0 aromatic heterocycles. The molecule has 0 bridgehead atoms. The van der Waals surface area contributed by atoms with Gasteiger partial charge < -0.3 is 4.74 Å². The van der Waals surface area contributed by atoms with Crippen LogP contribution in [0.4, 0.5) is 13.2 Å². The van der Waals surface area contributed by atoms with Crippen molar-refractivity contribution >= 4 is 27.5 Å². The van der Waals surface area contributed by atoms with Crippen LogP contribution in [0.1, 0.15) is 11.1 Å². The Morgan fingerprint density at radius 3 is 2.25 bits per heavy atom. The van der Waals surface area contributed by atoms with E-state index in [1.807, 2.05) is 0 Å². The summed E-state index contributed by atoms with van der Waals surface area (Å²) in [6, 6.07) is 6.20. The van der Waals surface area contributed by atoms with Crippen molar-refractivity contribution in [2.24, 2.45) is 0 Å². The largest absolute Gasteiger partial charge is 0.483 e. The Morgan fingerprint density at radius 2 is 1.65 bits per heavy atom. The fourth-order valence-corrected chi connectivity index (χ4v) is 2.15. The second-order valence-electron chi connectivity index (χ2n) is 4.05. The zero-order valence-electron chi connectivity index (χ0n) is 10.1. The summed E-state index contributed by atoms with van der Waals surface area (Å²) in [5.41, 5.74) is 0.571. The van der Waals surface area contributed by atoms with Gasteiger partial charge in [-0.1, -0.05) is 27.5 Å². The molecule has 2 rings (SSSR count). The molecule has 0 atom stereocenters. The first-order chi connectivity index (χ1) is 9.51. The highest BCUT2D eigenvalue weighted by Crippen LogP contribution is 2.26. The van der Waals surface area contributed by atoms with Crippen LogP contribution < -0.4 is 4.74 Å². The number of hydrogen-bond donors (Lipinski definition) is 0. The Hall–Kier alpha value is -1.20. The monoisotopic (exact) mass is 364 g/mol. The maximum absolute atomic E-state index is 13.7. The molecule has 1 nitrogen and oxygen atoms in total. The molecule has 0 fully saturated rings. The molecular formula is C14H9BrClF3O. The second kappa shape index (κ2) is 6.50. The topological polar surface area (TPSA) is 9.23 Å². The summed E-state index contributed by atoms with van der Waals surface area (Å²) < 4.78 is 45.8. The minimum atomic E-state index is -0.832. The highest BCUT2D eigenvalue weighted by Gasteiger charge is 2.13. The van der Waals surface area contributed by atoms with Crippen LogP contribution in [-0.2, 0) is 11.9 Å². The summed E-state index contributed by atoms with van der Waals surface area (Å²) in [4.78, 5) is 0. The molecule has 0 aliphatic carbocycles. The fourth-order valence-electron chi connectivity index (χ4n) is 1.63. The molecule has 0 N–H and O–H groups in total. The molecule has 2 aromatic rings. The predicted molar refractivity (Wildman–Crippen MR) is 74.7 cm³/mol. The van der Waals surface area contributed by atoms with Crippen LogP contribution in [0.2, 0.25) is 5.02 Å². The quantitative estimate of drug-likeness (QED) is 0.674. The molecule has 0 spiro atoms. The van der Waals surface area contributed by atoms with E-state index in [0.717, 1.165) is 12.1 Å². The van der Waals surface area contributed by atoms with Crippen LogP contribution >= 0.6 is 27.5 Å². The van der Waals surface area contributed by atoms with E-state index < -0.39 is 23.2 Å². The lowest BCUT2D eigenvalue weighted by atomic mass is 10.2.